The minimum absolute atomic E-state index is 0.0861. The standard InChI is InChI=1S/C16H26N2O4S/c1-12-6-7-14(13(10-12)16(2,3)4)22-11-15(19)17-8-9-18-23(5,20)21/h6-7,10,18H,8-9,11H2,1-5H3,(H,17,19). The molecule has 0 bridgehead atoms. The average Bonchev–Trinajstić information content (AvgIpc) is 2.40. The maximum atomic E-state index is 11.8. The fourth-order valence-corrected chi connectivity index (χ4v) is 2.46. The van der Waals surface area contributed by atoms with Gasteiger partial charge in [0, 0.05) is 13.1 Å². The molecule has 1 rings (SSSR count). The Morgan fingerprint density at radius 2 is 1.87 bits per heavy atom. The predicted octanol–water partition coefficient (Wildman–Crippen LogP) is 1.34. The molecule has 0 heterocycles. The number of hydrogen-bond donors (Lipinski definition) is 2. The molecule has 0 aliphatic carbocycles. The fraction of sp³-hybridized carbons (Fsp3) is 0.562. The third kappa shape index (κ3) is 7.47. The second-order valence-electron chi connectivity index (χ2n) is 6.55. The van der Waals surface area contributed by atoms with Gasteiger partial charge < -0.3 is 10.1 Å². The maximum absolute atomic E-state index is 11.8. The van der Waals surface area contributed by atoms with Crippen molar-refractivity contribution < 1.29 is 17.9 Å². The zero-order valence-corrected chi connectivity index (χ0v) is 15.2. The number of carbonyl (C=O) groups excluding carboxylic acids is 1. The van der Waals surface area contributed by atoms with Gasteiger partial charge in [-0.15, -0.1) is 0 Å². The van der Waals surface area contributed by atoms with Crippen LogP contribution < -0.4 is 14.8 Å². The summed E-state index contributed by atoms with van der Waals surface area (Å²) in [7, 11) is -3.24. The van der Waals surface area contributed by atoms with Crippen LogP contribution in [0.1, 0.15) is 31.9 Å². The maximum Gasteiger partial charge on any atom is 0.257 e. The van der Waals surface area contributed by atoms with Gasteiger partial charge in [0.15, 0.2) is 6.61 Å². The Bertz CT molecular complexity index is 649. The number of ether oxygens (including phenoxy) is 1. The number of hydrogen-bond acceptors (Lipinski definition) is 4. The minimum Gasteiger partial charge on any atom is -0.483 e. The Hall–Kier alpha value is -1.60. The Balaban J connectivity index is 2.54. The van der Waals surface area contributed by atoms with Crippen molar-refractivity contribution in [2.75, 3.05) is 26.0 Å². The molecule has 7 heteroatoms. The molecular formula is C16H26N2O4S. The largest absolute Gasteiger partial charge is 0.483 e. The average molecular weight is 342 g/mol. The summed E-state index contributed by atoms with van der Waals surface area (Å²) in [6, 6.07) is 5.87. The number of rotatable bonds is 7. The molecule has 0 aromatic heterocycles. The van der Waals surface area contributed by atoms with Gasteiger partial charge in [0.25, 0.3) is 5.91 Å². The van der Waals surface area contributed by atoms with Gasteiger partial charge >= 0.3 is 0 Å². The molecule has 6 nitrogen and oxygen atoms in total. The molecule has 0 unspecified atom stereocenters. The van der Waals surface area contributed by atoms with Gasteiger partial charge in [-0.25, -0.2) is 13.1 Å². The molecular weight excluding hydrogens is 316 g/mol. The molecule has 1 aromatic rings. The van der Waals surface area contributed by atoms with Crippen LogP contribution in [0.3, 0.4) is 0 Å². The van der Waals surface area contributed by atoms with Crippen molar-refractivity contribution >= 4 is 15.9 Å². The quantitative estimate of drug-likeness (QED) is 0.732. The van der Waals surface area contributed by atoms with Gasteiger partial charge in [-0.05, 0) is 24.0 Å². The van der Waals surface area contributed by atoms with Crippen LogP contribution in [0.25, 0.3) is 0 Å². The van der Waals surface area contributed by atoms with Crippen LogP contribution in [0.5, 0.6) is 5.75 Å². The summed E-state index contributed by atoms with van der Waals surface area (Å²) in [5, 5.41) is 2.60. The summed E-state index contributed by atoms with van der Waals surface area (Å²) in [5.41, 5.74) is 2.10. The van der Waals surface area contributed by atoms with Crippen LogP contribution in [-0.2, 0) is 20.2 Å². The predicted molar refractivity (Wildman–Crippen MR) is 91.2 cm³/mol. The number of amides is 1. The van der Waals surface area contributed by atoms with Crippen molar-refractivity contribution in [1.82, 2.24) is 10.0 Å². The highest BCUT2D eigenvalue weighted by Crippen LogP contribution is 2.32. The van der Waals surface area contributed by atoms with Gasteiger partial charge in [-0.3, -0.25) is 4.79 Å². The zero-order valence-electron chi connectivity index (χ0n) is 14.4. The second kappa shape index (κ2) is 7.79. The molecule has 0 aliphatic rings. The first-order chi connectivity index (χ1) is 10.5. The molecule has 1 amide bonds. The Morgan fingerprint density at radius 1 is 1.22 bits per heavy atom. The first kappa shape index (κ1) is 19.4. The molecule has 23 heavy (non-hydrogen) atoms. The summed E-state index contributed by atoms with van der Waals surface area (Å²) >= 11 is 0. The topological polar surface area (TPSA) is 84.5 Å². The Labute approximate surface area is 138 Å². The normalized spacial score (nSPS) is 12.0. The van der Waals surface area contributed by atoms with Gasteiger partial charge in [0.2, 0.25) is 10.0 Å². The third-order valence-electron chi connectivity index (χ3n) is 3.11. The summed E-state index contributed by atoms with van der Waals surface area (Å²) in [6.07, 6.45) is 1.07. The molecule has 0 saturated carbocycles. The van der Waals surface area contributed by atoms with E-state index >= 15 is 0 Å². The van der Waals surface area contributed by atoms with Gasteiger partial charge in [-0.1, -0.05) is 38.5 Å². The molecule has 130 valence electrons. The fourth-order valence-electron chi connectivity index (χ4n) is 1.99. The van der Waals surface area contributed by atoms with Crippen LogP contribution in [0.2, 0.25) is 0 Å². The molecule has 0 atom stereocenters. The summed E-state index contributed by atoms with van der Waals surface area (Å²) < 4.78 is 29.7. The molecule has 0 saturated heterocycles. The lowest BCUT2D eigenvalue weighted by Crippen LogP contribution is -2.36. The van der Waals surface area contributed by atoms with Gasteiger partial charge in [0.05, 0.1) is 6.26 Å². The zero-order chi connectivity index (χ0) is 17.7. The second-order valence-corrected chi connectivity index (χ2v) is 8.39. The van der Waals surface area contributed by atoms with E-state index in [1.54, 1.807) is 0 Å². The monoisotopic (exact) mass is 342 g/mol. The van der Waals surface area contributed by atoms with Crippen LogP contribution in [-0.4, -0.2) is 40.3 Å². The van der Waals surface area contributed by atoms with Crippen LogP contribution in [0.15, 0.2) is 18.2 Å². The lowest BCUT2D eigenvalue weighted by molar-refractivity contribution is -0.123. The Kier molecular flexibility index (Phi) is 6.58. The van der Waals surface area contributed by atoms with Crippen LogP contribution in [0, 0.1) is 6.92 Å². The molecule has 0 spiro atoms. The van der Waals surface area contributed by atoms with Crippen molar-refractivity contribution in [3.8, 4) is 5.75 Å². The van der Waals surface area contributed by atoms with Crippen LogP contribution >= 0.6 is 0 Å². The van der Waals surface area contributed by atoms with E-state index in [9.17, 15) is 13.2 Å². The first-order valence-electron chi connectivity index (χ1n) is 7.44. The van der Waals surface area contributed by atoms with E-state index in [0.717, 1.165) is 17.4 Å². The lowest BCUT2D eigenvalue weighted by atomic mass is 9.85. The molecule has 0 aliphatic heterocycles. The van der Waals surface area contributed by atoms with Crippen LogP contribution in [0.4, 0.5) is 0 Å². The third-order valence-corrected chi connectivity index (χ3v) is 3.84. The molecule has 1 aromatic carbocycles. The lowest BCUT2D eigenvalue weighted by Gasteiger charge is -2.23. The van der Waals surface area contributed by atoms with Crippen molar-refractivity contribution in [2.45, 2.75) is 33.1 Å². The minimum atomic E-state index is -3.24. The molecule has 2 N–H and O–H groups in total. The number of benzene rings is 1. The first-order valence-corrected chi connectivity index (χ1v) is 9.33. The van der Waals surface area contributed by atoms with Crippen molar-refractivity contribution in [3.63, 3.8) is 0 Å². The van der Waals surface area contributed by atoms with E-state index in [1.165, 1.54) is 0 Å². The van der Waals surface area contributed by atoms with Gasteiger partial charge in [-0.2, -0.15) is 0 Å². The summed E-state index contributed by atoms with van der Waals surface area (Å²) in [5.74, 6) is 0.397. The van der Waals surface area contributed by atoms with E-state index in [2.05, 4.69) is 36.9 Å². The van der Waals surface area contributed by atoms with E-state index in [1.807, 2.05) is 19.1 Å². The number of carbonyl (C=O) groups is 1. The van der Waals surface area contributed by atoms with Gasteiger partial charge in [0.1, 0.15) is 5.75 Å². The van der Waals surface area contributed by atoms with Crippen molar-refractivity contribution in [1.29, 1.82) is 0 Å². The molecule has 0 radical (unpaired) electrons. The summed E-state index contributed by atoms with van der Waals surface area (Å²) in [4.78, 5) is 11.8. The summed E-state index contributed by atoms with van der Waals surface area (Å²) in [6.45, 7) is 8.55. The smallest absolute Gasteiger partial charge is 0.257 e. The van der Waals surface area contributed by atoms with Crippen molar-refractivity contribution in [2.24, 2.45) is 0 Å². The highest BCUT2D eigenvalue weighted by molar-refractivity contribution is 7.88. The highest BCUT2D eigenvalue weighted by atomic mass is 32.2. The highest BCUT2D eigenvalue weighted by Gasteiger charge is 2.19. The Morgan fingerprint density at radius 3 is 2.43 bits per heavy atom. The van der Waals surface area contributed by atoms with E-state index in [0.29, 0.717) is 5.75 Å². The number of nitrogens with one attached hydrogen (secondary N) is 2. The SMILES string of the molecule is Cc1ccc(OCC(=O)NCCNS(C)(=O)=O)c(C(C)(C)C)c1. The van der Waals surface area contributed by atoms with Crippen molar-refractivity contribution in [3.05, 3.63) is 29.3 Å². The van der Waals surface area contributed by atoms with E-state index in [4.69, 9.17) is 4.74 Å². The number of sulfonamides is 1. The van der Waals surface area contributed by atoms with E-state index in [-0.39, 0.29) is 31.0 Å². The van der Waals surface area contributed by atoms with E-state index < -0.39 is 10.0 Å². The molecule has 0 fully saturated rings. The number of aryl methyl sites for hydroxylation is 1.